The number of aromatic nitrogens is 2. The SMILES string of the molecule is C#Cc1cn([C@H]2C[C@H](O[Si](C)(C)C(C)(C)C)[C@@H](CO[Si](C)(C)C(C)(C)C)O2)c(=O)nc1N. The fraction of sp³-hybridized carbons (Fsp3) is 0.739. The molecule has 1 aromatic heterocycles. The minimum Gasteiger partial charge on any atom is -0.414 e. The average molecular weight is 480 g/mol. The van der Waals surface area contributed by atoms with Crippen molar-refractivity contribution in [1.29, 1.82) is 0 Å². The van der Waals surface area contributed by atoms with Gasteiger partial charge in [0.25, 0.3) is 0 Å². The number of rotatable bonds is 6. The Morgan fingerprint density at radius 1 is 1.19 bits per heavy atom. The van der Waals surface area contributed by atoms with Crippen molar-refractivity contribution in [2.75, 3.05) is 12.3 Å². The lowest BCUT2D eigenvalue weighted by molar-refractivity contribution is -0.0411. The van der Waals surface area contributed by atoms with Crippen LogP contribution in [0.2, 0.25) is 36.3 Å². The van der Waals surface area contributed by atoms with E-state index in [1.807, 2.05) is 0 Å². The van der Waals surface area contributed by atoms with Crippen molar-refractivity contribution in [1.82, 2.24) is 9.55 Å². The first-order valence-electron chi connectivity index (χ1n) is 11.2. The summed E-state index contributed by atoms with van der Waals surface area (Å²) in [7, 11) is -4.05. The Hall–Kier alpha value is -1.45. The maximum atomic E-state index is 12.6. The van der Waals surface area contributed by atoms with Crippen LogP contribution in [0.25, 0.3) is 0 Å². The molecule has 1 saturated heterocycles. The van der Waals surface area contributed by atoms with Crippen LogP contribution in [0, 0.1) is 12.3 Å². The molecule has 32 heavy (non-hydrogen) atoms. The fourth-order valence-corrected chi connectivity index (χ4v) is 5.38. The van der Waals surface area contributed by atoms with Crippen molar-refractivity contribution in [3.05, 3.63) is 22.2 Å². The number of nitrogens with two attached hydrogens (primary N) is 1. The Morgan fingerprint density at radius 2 is 1.75 bits per heavy atom. The minimum atomic E-state index is -2.07. The predicted octanol–water partition coefficient (Wildman–Crippen LogP) is 4.51. The van der Waals surface area contributed by atoms with E-state index in [1.54, 1.807) is 6.20 Å². The van der Waals surface area contributed by atoms with E-state index in [4.69, 9.17) is 25.7 Å². The van der Waals surface area contributed by atoms with E-state index in [0.29, 0.717) is 18.6 Å². The van der Waals surface area contributed by atoms with Gasteiger partial charge in [-0.05, 0) is 36.3 Å². The van der Waals surface area contributed by atoms with Gasteiger partial charge in [-0.25, -0.2) is 4.79 Å². The molecule has 2 rings (SSSR count). The van der Waals surface area contributed by atoms with Crippen molar-refractivity contribution in [3.8, 4) is 12.3 Å². The maximum absolute atomic E-state index is 12.6. The van der Waals surface area contributed by atoms with E-state index in [-0.39, 0.29) is 28.1 Å². The highest BCUT2D eigenvalue weighted by Crippen LogP contribution is 2.42. The largest absolute Gasteiger partial charge is 0.414 e. The Balaban J connectivity index is 2.35. The third-order valence-corrected chi connectivity index (χ3v) is 16.3. The summed E-state index contributed by atoms with van der Waals surface area (Å²) in [6.07, 6.45) is 6.59. The highest BCUT2D eigenvalue weighted by atomic mass is 28.4. The normalized spacial score (nSPS) is 22.7. The molecule has 0 aromatic carbocycles. The zero-order valence-corrected chi connectivity index (χ0v) is 23.4. The first kappa shape index (κ1) is 26.8. The molecule has 7 nitrogen and oxygen atoms in total. The molecule has 0 radical (unpaired) electrons. The molecule has 0 saturated carbocycles. The van der Waals surface area contributed by atoms with Crippen molar-refractivity contribution in [3.63, 3.8) is 0 Å². The molecule has 2 N–H and O–H groups in total. The van der Waals surface area contributed by atoms with Crippen LogP contribution in [0.1, 0.15) is 59.8 Å². The van der Waals surface area contributed by atoms with E-state index in [9.17, 15) is 4.79 Å². The first-order chi connectivity index (χ1) is 14.4. The Morgan fingerprint density at radius 3 is 2.25 bits per heavy atom. The van der Waals surface area contributed by atoms with Gasteiger partial charge in [0.1, 0.15) is 18.1 Å². The van der Waals surface area contributed by atoms with Crippen LogP contribution in [0.5, 0.6) is 0 Å². The number of anilines is 1. The second-order valence-corrected chi connectivity index (χ2v) is 21.3. The summed E-state index contributed by atoms with van der Waals surface area (Å²) in [6.45, 7) is 22.6. The van der Waals surface area contributed by atoms with Gasteiger partial charge in [-0.1, -0.05) is 47.5 Å². The van der Waals surface area contributed by atoms with Crippen molar-refractivity contribution >= 4 is 22.5 Å². The molecule has 0 unspecified atom stereocenters. The second kappa shape index (κ2) is 9.07. The number of nitrogens with zero attached hydrogens (tertiary/aromatic N) is 2. The second-order valence-electron chi connectivity index (χ2n) is 11.7. The molecule has 0 spiro atoms. The number of nitrogen functional groups attached to an aromatic ring is 1. The van der Waals surface area contributed by atoms with E-state index < -0.39 is 28.6 Å². The van der Waals surface area contributed by atoms with Crippen molar-refractivity contribution < 1.29 is 13.6 Å². The number of ether oxygens (including phenoxy) is 1. The van der Waals surface area contributed by atoms with Gasteiger partial charge in [-0.2, -0.15) is 4.98 Å². The minimum absolute atomic E-state index is 0.0478. The van der Waals surface area contributed by atoms with Gasteiger partial charge in [-0.3, -0.25) is 4.57 Å². The van der Waals surface area contributed by atoms with Crippen LogP contribution >= 0.6 is 0 Å². The summed E-state index contributed by atoms with van der Waals surface area (Å²) in [5.41, 5.74) is 5.67. The summed E-state index contributed by atoms with van der Waals surface area (Å²) >= 11 is 0. The lowest BCUT2D eigenvalue weighted by atomic mass is 10.2. The Labute approximate surface area is 195 Å². The van der Waals surface area contributed by atoms with E-state index >= 15 is 0 Å². The van der Waals surface area contributed by atoms with Crippen LogP contribution in [-0.2, 0) is 13.6 Å². The summed E-state index contributed by atoms with van der Waals surface area (Å²) < 4.78 is 21.0. The smallest absolute Gasteiger partial charge is 0.351 e. The molecule has 0 amide bonds. The predicted molar refractivity (Wildman–Crippen MR) is 135 cm³/mol. The van der Waals surface area contributed by atoms with E-state index in [1.165, 1.54) is 4.57 Å². The zero-order valence-electron chi connectivity index (χ0n) is 21.4. The van der Waals surface area contributed by atoms with Gasteiger partial charge in [0.15, 0.2) is 16.6 Å². The summed E-state index contributed by atoms with van der Waals surface area (Å²) in [5.74, 6) is 2.54. The van der Waals surface area contributed by atoms with Gasteiger partial charge in [0.05, 0.1) is 18.3 Å². The van der Waals surface area contributed by atoms with Crippen molar-refractivity contribution in [2.24, 2.45) is 0 Å². The topological polar surface area (TPSA) is 88.6 Å². The molecule has 1 aliphatic rings. The van der Waals surface area contributed by atoms with Gasteiger partial charge >= 0.3 is 5.69 Å². The van der Waals surface area contributed by atoms with Crippen LogP contribution < -0.4 is 11.4 Å². The van der Waals surface area contributed by atoms with Gasteiger partial charge in [-0.15, -0.1) is 6.42 Å². The summed E-state index contributed by atoms with van der Waals surface area (Å²) in [4.78, 5) is 16.4. The molecule has 1 fully saturated rings. The van der Waals surface area contributed by atoms with Crippen LogP contribution in [-0.4, -0.2) is 45.0 Å². The molecule has 0 bridgehead atoms. The van der Waals surface area contributed by atoms with Crippen LogP contribution in [0.3, 0.4) is 0 Å². The fourth-order valence-electron chi connectivity index (χ4n) is 3.01. The Bertz CT molecular complexity index is 923. The van der Waals surface area contributed by atoms with Crippen molar-refractivity contribution in [2.45, 2.75) is 103 Å². The molecular weight excluding hydrogens is 438 g/mol. The Kier molecular flexibility index (Phi) is 7.59. The molecule has 1 aliphatic heterocycles. The highest BCUT2D eigenvalue weighted by Gasteiger charge is 2.46. The van der Waals surface area contributed by atoms with Gasteiger partial charge < -0.3 is 19.3 Å². The monoisotopic (exact) mass is 479 g/mol. The standard InChI is InChI=1S/C23H41N3O4Si2/c1-12-16-14-26(21(27)25-20(16)24)19-13-17(30-32(10,11)23(5,6)7)18(29-19)15-28-31(8,9)22(2,3)4/h1,14,17-19H,13,15H2,2-11H3,(H2,24,25,27)/t17-,18+,19+/m0/s1. The molecule has 9 heteroatoms. The first-order valence-corrected chi connectivity index (χ1v) is 17.0. The third kappa shape index (κ3) is 5.72. The number of hydrogen-bond donors (Lipinski definition) is 1. The zero-order chi connectivity index (χ0) is 24.7. The summed E-state index contributed by atoms with van der Waals surface area (Å²) in [5, 5.41) is 0.131. The lowest BCUT2D eigenvalue weighted by Crippen LogP contribution is -2.48. The van der Waals surface area contributed by atoms with E-state index in [2.05, 4.69) is 78.6 Å². The lowest BCUT2D eigenvalue weighted by Gasteiger charge is -2.40. The molecule has 2 heterocycles. The van der Waals surface area contributed by atoms with Crippen LogP contribution in [0.4, 0.5) is 5.82 Å². The van der Waals surface area contributed by atoms with Gasteiger partial charge in [0, 0.05) is 12.6 Å². The molecule has 180 valence electrons. The third-order valence-electron chi connectivity index (χ3n) is 7.29. The van der Waals surface area contributed by atoms with Gasteiger partial charge in [0.2, 0.25) is 0 Å². The molecular formula is C23H41N3O4Si2. The molecule has 1 aromatic rings. The molecule has 3 atom stereocenters. The highest BCUT2D eigenvalue weighted by molar-refractivity contribution is 6.74. The maximum Gasteiger partial charge on any atom is 0.351 e. The molecule has 0 aliphatic carbocycles. The number of terminal acetylenes is 1. The van der Waals surface area contributed by atoms with Crippen LogP contribution in [0.15, 0.2) is 11.0 Å². The van der Waals surface area contributed by atoms with E-state index in [0.717, 1.165) is 0 Å². The quantitative estimate of drug-likeness (QED) is 0.477. The summed E-state index contributed by atoms with van der Waals surface area (Å²) in [6, 6.07) is 0. The number of hydrogen-bond acceptors (Lipinski definition) is 6. The average Bonchev–Trinajstić information content (AvgIpc) is 3.00.